The van der Waals surface area contributed by atoms with Crippen LogP contribution in [0.4, 0.5) is 0 Å². The average molecular weight is 196 g/mol. The van der Waals surface area contributed by atoms with E-state index in [-0.39, 0.29) is 5.75 Å². The zero-order valence-corrected chi connectivity index (χ0v) is 8.11. The highest BCUT2D eigenvalue weighted by Crippen LogP contribution is 1.99. The van der Waals surface area contributed by atoms with Crippen LogP contribution in [0.1, 0.15) is 5.56 Å². The fourth-order valence-corrected chi connectivity index (χ4v) is 1.32. The molecule has 0 spiro atoms. The van der Waals surface area contributed by atoms with Crippen LogP contribution in [0.2, 0.25) is 0 Å². The van der Waals surface area contributed by atoms with Crippen LogP contribution in [-0.4, -0.2) is 14.2 Å². The Hall–Kier alpha value is -1.09. The van der Waals surface area contributed by atoms with Crippen LogP contribution >= 0.6 is 0 Å². The van der Waals surface area contributed by atoms with Crippen molar-refractivity contribution in [3.8, 4) is 0 Å². The van der Waals surface area contributed by atoms with Crippen LogP contribution in [0.25, 0.3) is 0 Å². The summed E-state index contributed by atoms with van der Waals surface area (Å²) in [5.74, 6) is 0.141. The smallest absolute Gasteiger partial charge is 0.143 e. The van der Waals surface area contributed by atoms with Crippen molar-refractivity contribution in [2.45, 2.75) is 6.42 Å². The van der Waals surface area contributed by atoms with Crippen molar-refractivity contribution >= 4 is 10.7 Å². The highest BCUT2D eigenvalue weighted by atomic mass is 32.2. The minimum Gasteiger partial charge on any atom is -0.232 e. The fourth-order valence-electron chi connectivity index (χ4n) is 0.994. The first-order chi connectivity index (χ1) is 6.29. The predicted octanol–water partition coefficient (Wildman–Crippen LogP) is 1.40. The summed E-state index contributed by atoms with van der Waals surface area (Å²) < 4.78 is 20.4. The normalized spacial score (nSPS) is 11.2. The van der Waals surface area contributed by atoms with Crippen molar-refractivity contribution in [3.63, 3.8) is 0 Å². The molecule has 1 aromatic carbocycles. The minimum atomic E-state index is -2.27. The van der Waals surface area contributed by atoms with E-state index in [1.165, 1.54) is 5.56 Å². The van der Waals surface area contributed by atoms with Crippen molar-refractivity contribution in [3.05, 3.63) is 48.0 Å². The third-order valence-corrected chi connectivity index (χ3v) is 2.13. The summed E-state index contributed by atoms with van der Waals surface area (Å²) in [4.78, 5) is 0. The summed E-state index contributed by atoms with van der Waals surface area (Å²) in [6.45, 7) is 0. The molecule has 0 atom stereocenters. The van der Waals surface area contributed by atoms with Crippen LogP contribution in [-0.2, 0) is 17.1 Å². The van der Waals surface area contributed by atoms with E-state index in [4.69, 9.17) is 0 Å². The predicted molar refractivity (Wildman–Crippen MR) is 54.5 cm³/mol. The van der Waals surface area contributed by atoms with Crippen LogP contribution in [0.15, 0.2) is 42.5 Å². The second-order valence-electron chi connectivity index (χ2n) is 2.68. The van der Waals surface area contributed by atoms with Gasteiger partial charge in [0.25, 0.3) is 0 Å². The summed E-state index contributed by atoms with van der Waals surface area (Å²) in [5.41, 5.74) is 1.19. The molecule has 0 N–H and O–H groups in total. The molecule has 2 nitrogen and oxygen atoms in total. The van der Waals surface area contributed by atoms with Crippen LogP contribution in [0.3, 0.4) is 0 Å². The Bertz CT molecular complexity index is 331. The number of hydrogen-bond acceptors (Lipinski definition) is 2. The summed E-state index contributed by atoms with van der Waals surface area (Å²) in [5, 5.41) is 0. The Kier molecular flexibility index (Phi) is 4.26. The van der Waals surface area contributed by atoms with Crippen LogP contribution < -0.4 is 0 Å². The van der Waals surface area contributed by atoms with Gasteiger partial charge in [0, 0.05) is 0 Å². The molecule has 0 aliphatic carbocycles. The van der Waals surface area contributed by atoms with Crippen molar-refractivity contribution in [1.82, 2.24) is 0 Å². The second kappa shape index (κ2) is 5.54. The molecule has 0 radical (unpaired) electrons. The van der Waals surface area contributed by atoms with Gasteiger partial charge in [-0.2, -0.15) is 0 Å². The third-order valence-electron chi connectivity index (χ3n) is 1.62. The summed E-state index contributed by atoms with van der Waals surface area (Å²) in [6, 6.07) is 9.93. The molecule has 3 heteroatoms. The zero-order valence-electron chi connectivity index (χ0n) is 7.22. The number of hydrogen-bond donors (Lipinski definition) is 1. The topological polar surface area (TPSA) is 34.1 Å². The van der Waals surface area contributed by atoms with E-state index >= 15 is 0 Å². The molecule has 0 aliphatic rings. The maximum atomic E-state index is 10.2. The molecule has 1 aromatic rings. The Morgan fingerprint density at radius 1 is 1.08 bits per heavy atom. The lowest BCUT2D eigenvalue weighted by Crippen LogP contribution is -1.82. The minimum absolute atomic E-state index is 0.141. The zero-order chi connectivity index (χ0) is 9.52. The van der Waals surface area contributed by atoms with E-state index in [0.717, 1.165) is 6.42 Å². The highest BCUT2D eigenvalue weighted by molar-refractivity contribution is 7.72. The van der Waals surface area contributed by atoms with Crippen LogP contribution in [0, 0.1) is 0 Å². The van der Waals surface area contributed by atoms with Gasteiger partial charge in [-0.25, -0.2) is 8.42 Å². The maximum Gasteiger partial charge on any atom is 0.143 e. The second-order valence-corrected chi connectivity index (χ2v) is 3.71. The van der Waals surface area contributed by atoms with E-state index in [1.807, 2.05) is 36.4 Å². The maximum absolute atomic E-state index is 10.2. The van der Waals surface area contributed by atoms with E-state index < -0.39 is 10.7 Å². The molecule has 0 aliphatic heterocycles. The Morgan fingerprint density at radius 2 is 1.77 bits per heavy atom. The van der Waals surface area contributed by atoms with E-state index in [9.17, 15) is 8.42 Å². The Morgan fingerprint density at radius 3 is 2.38 bits per heavy atom. The quantitative estimate of drug-likeness (QED) is 0.583. The van der Waals surface area contributed by atoms with Crippen molar-refractivity contribution in [1.29, 1.82) is 0 Å². The lowest BCUT2D eigenvalue weighted by Gasteiger charge is -1.92. The van der Waals surface area contributed by atoms with Crippen LogP contribution in [0.5, 0.6) is 0 Å². The molecular formula is C10H12O2S. The van der Waals surface area contributed by atoms with E-state index in [2.05, 4.69) is 0 Å². The number of thiol groups is 1. The summed E-state index contributed by atoms with van der Waals surface area (Å²) in [7, 11) is -2.27. The first kappa shape index (κ1) is 9.99. The first-order valence-corrected chi connectivity index (χ1v) is 5.46. The van der Waals surface area contributed by atoms with Gasteiger partial charge in [0.05, 0.1) is 5.75 Å². The molecule has 0 heterocycles. The Balaban J connectivity index is 2.39. The number of rotatable bonds is 4. The average Bonchev–Trinajstić information content (AvgIpc) is 2.14. The molecule has 70 valence electrons. The molecule has 0 unspecified atom stereocenters. The first-order valence-electron chi connectivity index (χ1n) is 4.10. The highest BCUT2D eigenvalue weighted by Gasteiger charge is 1.85. The van der Waals surface area contributed by atoms with Gasteiger partial charge in [0.2, 0.25) is 0 Å². The molecule has 0 fully saturated rings. The number of allylic oxidation sites excluding steroid dienone is 1. The van der Waals surface area contributed by atoms with Gasteiger partial charge in [-0.15, -0.1) is 0 Å². The van der Waals surface area contributed by atoms with Crippen molar-refractivity contribution in [2.75, 3.05) is 5.75 Å². The molecule has 13 heavy (non-hydrogen) atoms. The number of benzene rings is 1. The summed E-state index contributed by atoms with van der Waals surface area (Å²) in [6.07, 6.45) is 4.35. The van der Waals surface area contributed by atoms with Gasteiger partial charge < -0.3 is 0 Å². The molecular weight excluding hydrogens is 184 g/mol. The molecule has 0 aromatic heterocycles. The van der Waals surface area contributed by atoms with E-state index in [1.54, 1.807) is 6.08 Å². The standard InChI is InChI=1S/C10H12O2S/c11-13(12)9-5-4-8-10-6-2-1-3-7-10/h1-7,13H,8-9H2/b5-4+. The lowest BCUT2D eigenvalue weighted by molar-refractivity contribution is 0.617. The molecule has 0 amide bonds. The molecule has 1 rings (SSSR count). The molecule has 0 saturated heterocycles. The largest absolute Gasteiger partial charge is 0.232 e. The Labute approximate surface area is 79.9 Å². The van der Waals surface area contributed by atoms with Gasteiger partial charge in [-0.1, -0.05) is 42.5 Å². The van der Waals surface area contributed by atoms with Crippen molar-refractivity contribution in [2.24, 2.45) is 0 Å². The SMILES string of the molecule is O=[SH](=O)C/C=C/Cc1ccccc1. The third kappa shape index (κ3) is 4.48. The van der Waals surface area contributed by atoms with Crippen molar-refractivity contribution < 1.29 is 8.42 Å². The monoisotopic (exact) mass is 196 g/mol. The van der Waals surface area contributed by atoms with Gasteiger partial charge in [0.1, 0.15) is 10.7 Å². The summed E-state index contributed by atoms with van der Waals surface area (Å²) >= 11 is 0. The fraction of sp³-hybridized carbons (Fsp3) is 0.200. The van der Waals surface area contributed by atoms with E-state index in [0.29, 0.717) is 0 Å². The molecule has 0 saturated carbocycles. The van der Waals surface area contributed by atoms with Gasteiger partial charge >= 0.3 is 0 Å². The molecule has 0 bridgehead atoms. The van der Waals surface area contributed by atoms with Gasteiger partial charge in [-0.3, -0.25) is 0 Å². The lowest BCUT2D eigenvalue weighted by atomic mass is 10.1. The van der Waals surface area contributed by atoms with Gasteiger partial charge in [0.15, 0.2) is 0 Å². The van der Waals surface area contributed by atoms with Gasteiger partial charge in [-0.05, 0) is 12.0 Å².